The Morgan fingerprint density at radius 1 is 1.19 bits per heavy atom. The topological polar surface area (TPSA) is 55.1 Å². The Hall–Kier alpha value is -2.60. The molecular formula is C20H19FN2O2S. The van der Waals surface area contributed by atoms with E-state index in [1.165, 1.54) is 17.8 Å². The van der Waals surface area contributed by atoms with Crippen LogP contribution in [-0.4, -0.2) is 17.6 Å². The van der Waals surface area contributed by atoms with Gasteiger partial charge >= 0.3 is 0 Å². The zero-order valence-corrected chi connectivity index (χ0v) is 15.2. The van der Waals surface area contributed by atoms with Crippen molar-refractivity contribution < 1.29 is 13.7 Å². The van der Waals surface area contributed by atoms with E-state index in [1.54, 1.807) is 24.3 Å². The summed E-state index contributed by atoms with van der Waals surface area (Å²) in [6.07, 6.45) is 0.449. The van der Waals surface area contributed by atoms with E-state index in [0.29, 0.717) is 29.8 Å². The molecule has 1 heterocycles. The van der Waals surface area contributed by atoms with E-state index in [0.717, 1.165) is 16.3 Å². The molecule has 6 heteroatoms. The van der Waals surface area contributed by atoms with Crippen LogP contribution in [0.5, 0.6) is 0 Å². The van der Waals surface area contributed by atoms with Crippen molar-refractivity contribution in [2.45, 2.75) is 24.0 Å². The first-order valence-corrected chi connectivity index (χ1v) is 9.27. The highest BCUT2D eigenvalue weighted by molar-refractivity contribution is 7.98. The lowest BCUT2D eigenvalue weighted by Crippen LogP contribution is -2.26. The van der Waals surface area contributed by atoms with Crippen LogP contribution in [0.2, 0.25) is 0 Å². The number of hydrogen-bond donors (Lipinski definition) is 1. The van der Waals surface area contributed by atoms with Gasteiger partial charge in [0.15, 0.2) is 0 Å². The standard InChI is InChI=1S/C20H19FN2O2S/c1-14-12-16(25-23-14)13-26-19-9-5-3-7-17(19)20(24)22-11-10-15-6-2-4-8-18(15)21/h2-9,12H,10-11,13H2,1H3,(H,22,24). The first kappa shape index (κ1) is 18.2. The fourth-order valence-corrected chi connectivity index (χ4v) is 3.45. The van der Waals surface area contributed by atoms with Gasteiger partial charge < -0.3 is 9.84 Å². The minimum absolute atomic E-state index is 0.168. The summed E-state index contributed by atoms with van der Waals surface area (Å²) in [5.74, 6) is 0.945. The summed E-state index contributed by atoms with van der Waals surface area (Å²) >= 11 is 1.52. The van der Waals surface area contributed by atoms with Crippen molar-refractivity contribution in [1.29, 1.82) is 0 Å². The second-order valence-corrected chi connectivity index (χ2v) is 6.83. The molecule has 0 atom stereocenters. The van der Waals surface area contributed by atoms with Crippen molar-refractivity contribution in [3.8, 4) is 0 Å². The lowest BCUT2D eigenvalue weighted by atomic mass is 10.1. The first-order valence-electron chi connectivity index (χ1n) is 8.29. The molecule has 0 spiro atoms. The maximum atomic E-state index is 13.6. The zero-order valence-electron chi connectivity index (χ0n) is 14.4. The highest BCUT2D eigenvalue weighted by atomic mass is 32.2. The van der Waals surface area contributed by atoms with Crippen LogP contribution in [0.3, 0.4) is 0 Å². The molecule has 3 aromatic rings. The molecule has 0 unspecified atom stereocenters. The summed E-state index contributed by atoms with van der Waals surface area (Å²) in [4.78, 5) is 13.4. The van der Waals surface area contributed by atoms with Crippen LogP contribution in [0, 0.1) is 12.7 Å². The van der Waals surface area contributed by atoms with Gasteiger partial charge in [0.05, 0.1) is 17.0 Å². The second kappa shape index (κ2) is 8.67. The number of rotatable bonds is 7. The van der Waals surface area contributed by atoms with E-state index in [2.05, 4.69) is 10.5 Å². The van der Waals surface area contributed by atoms with Crippen molar-refractivity contribution in [3.63, 3.8) is 0 Å². The molecule has 1 amide bonds. The summed E-state index contributed by atoms with van der Waals surface area (Å²) in [5.41, 5.74) is 2.03. The third kappa shape index (κ3) is 4.73. The van der Waals surface area contributed by atoms with Crippen molar-refractivity contribution in [3.05, 3.63) is 83.0 Å². The van der Waals surface area contributed by atoms with Crippen LogP contribution >= 0.6 is 11.8 Å². The van der Waals surface area contributed by atoms with Crippen LogP contribution in [0.4, 0.5) is 4.39 Å². The summed E-state index contributed by atoms with van der Waals surface area (Å²) in [6, 6.07) is 15.9. The van der Waals surface area contributed by atoms with Gasteiger partial charge in [0.2, 0.25) is 0 Å². The van der Waals surface area contributed by atoms with E-state index >= 15 is 0 Å². The van der Waals surface area contributed by atoms with Crippen molar-refractivity contribution >= 4 is 17.7 Å². The van der Waals surface area contributed by atoms with E-state index in [1.807, 2.05) is 31.2 Å². The van der Waals surface area contributed by atoms with Crippen LogP contribution in [0.1, 0.15) is 27.4 Å². The van der Waals surface area contributed by atoms with Crippen LogP contribution < -0.4 is 5.32 Å². The van der Waals surface area contributed by atoms with Gasteiger partial charge in [-0.15, -0.1) is 11.8 Å². The third-order valence-electron chi connectivity index (χ3n) is 3.82. The molecule has 134 valence electrons. The number of aryl methyl sites for hydroxylation is 1. The second-order valence-electron chi connectivity index (χ2n) is 5.82. The fraction of sp³-hybridized carbons (Fsp3) is 0.200. The lowest BCUT2D eigenvalue weighted by molar-refractivity contribution is 0.0951. The molecule has 1 N–H and O–H groups in total. The first-order chi connectivity index (χ1) is 12.6. The normalized spacial score (nSPS) is 10.7. The fourth-order valence-electron chi connectivity index (χ4n) is 2.52. The SMILES string of the molecule is Cc1cc(CSc2ccccc2C(=O)NCCc2ccccc2F)on1. The Kier molecular flexibility index (Phi) is 6.07. The van der Waals surface area contributed by atoms with E-state index in [4.69, 9.17) is 4.52 Å². The minimum atomic E-state index is -0.250. The number of aromatic nitrogens is 1. The Morgan fingerprint density at radius 3 is 2.73 bits per heavy atom. The predicted octanol–water partition coefficient (Wildman–Crippen LogP) is 4.39. The molecule has 3 rings (SSSR count). The predicted molar refractivity (Wildman–Crippen MR) is 99.7 cm³/mol. The highest BCUT2D eigenvalue weighted by Crippen LogP contribution is 2.26. The number of carbonyl (C=O) groups is 1. The third-order valence-corrected chi connectivity index (χ3v) is 4.91. The Morgan fingerprint density at radius 2 is 1.96 bits per heavy atom. The molecule has 0 aliphatic carbocycles. The molecule has 26 heavy (non-hydrogen) atoms. The van der Waals surface area contributed by atoms with Gasteiger partial charge in [-0.2, -0.15) is 0 Å². The van der Waals surface area contributed by atoms with Gasteiger partial charge in [-0.05, 0) is 37.1 Å². The molecule has 0 saturated carbocycles. The Balaban J connectivity index is 1.59. The Labute approximate surface area is 155 Å². The molecule has 1 aromatic heterocycles. The monoisotopic (exact) mass is 370 g/mol. The van der Waals surface area contributed by atoms with Gasteiger partial charge in [0, 0.05) is 17.5 Å². The number of hydrogen-bond acceptors (Lipinski definition) is 4. The summed E-state index contributed by atoms with van der Waals surface area (Å²) in [5, 5.41) is 6.73. The summed E-state index contributed by atoms with van der Waals surface area (Å²) in [7, 11) is 0. The molecule has 2 aromatic carbocycles. The minimum Gasteiger partial charge on any atom is -0.360 e. The van der Waals surface area contributed by atoms with Gasteiger partial charge in [-0.1, -0.05) is 35.5 Å². The van der Waals surface area contributed by atoms with Gasteiger partial charge in [0.1, 0.15) is 11.6 Å². The lowest BCUT2D eigenvalue weighted by Gasteiger charge is -2.10. The average Bonchev–Trinajstić information content (AvgIpc) is 3.07. The molecule has 0 bridgehead atoms. The molecule has 0 aliphatic heterocycles. The Bertz CT molecular complexity index is 895. The van der Waals surface area contributed by atoms with Crippen LogP contribution in [-0.2, 0) is 12.2 Å². The largest absolute Gasteiger partial charge is 0.360 e. The van der Waals surface area contributed by atoms with E-state index in [9.17, 15) is 9.18 Å². The molecule has 4 nitrogen and oxygen atoms in total. The van der Waals surface area contributed by atoms with E-state index in [-0.39, 0.29) is 11.7 Å². The van der Waals surface area contributed by atoms with Crippen LogP contribution in [0.15, 0.2) is 64.0 Å². The number of amides is 1. The van der Waals surface area contributed by atoms with Crippen molar-refractivity contribution in [2.24, 2.45) is 0 Å². The zero-order chi connectivity index (χ0) is 18.4. The quantitative estimate of drug-likeness (QED) is 0.627. The smallest absolute Gasteiger partial charge is 0.252 e. The van der Waals surface area contributed by atoms with Gasteiger partial charge in [-0.25, -0.2) is 4.39 Å². The molecule has 0 radical (unpaired) electrons. The van der Waals surface area contributed by atoms with Crippen LogP contribution in [0.25, 0.3) is 0 Å². The van der Waals surface area contributed by atoms with E-state index < -0.39 is 0 Å². The summed E-state index contributed by atoms with van der Waals surface area (Å²) < 4.78 is 18.8. The maximum absolute atomic E-state index is 13.6. The molecule has 0 aliphatic rings. The average molecular weight is 370 g/mol. The van der Waals surface area contributed by atoms with Crippen molar-refractivity contribution in [2.75, 3.05) is 6.54 Å². The number of halogens is 1. The molecule has 0 fully saturated rings. The number of carbonyl (C=O) groups excluding carboxylic acids is 1. The number of benzene rings is 2. The number of thioether (sulfide) groups is 1. The molecular weight excluding hydrogens is 351 g/mol. The maximum Gasteiger partial charge on any atom is 0.252 e. The van der Waals surface area contributed by atoms with Gasteiger partial charge in [0.25, 0.3) is 5.91 Å². The number of nitrogens with zero attached hydrogens (tertiary/aromatic N) is 1. The van der Waals surface area contributed by atoms with Crippen molar-refractivity contribution in [1.82, 2.24) is 10.5 Å². The van der Waals surface area contributed by atoms with Gasteiger partial charge in [-0.3, -0.25) is 4.79 Å². The summed E-state index contributed by atoms with van der Waals surface area (Å²) in [6.45, 7) is 2.24. The number of nitrogens with one attached hydrogen (secondary N) is 1. The highest BCUT2D eigenvalue weighted by Gasteiger charge is 2.12. The molecule has 0 saturated heterocycles.